The summed E-state index contributed by atoms with van der Waals surface area (Å²) in [7, 11) is -11.1. The van der Waals surface area contributed by atoms with Gasteiger partial charge in [-0.1, -0.05) is 0 Å². The smallest absolute Gasteiger partial charge is 0.258 e. The number of nitro benzene ring substituents is 4. The molecule has 0 fully saturated rings. The number of nitrogens with zero attached hydrogens (tertiary/aromatic N) is 4. The summed E-state index contributed by atoms with van der Waals surface area (Å²) in [5, 5.41) is 43.6. The third kappa shape index (κ3) is 4.73. The second-order valence-corrected chi connectivity index (χ2v) is 8.55. The standard InChI is InChI=1S/C12H6N4O13S2/c17-13(18)7-1-3-11(9(5-7)15(21)22)30(25,26)29-31(27,28)12-4-2-8(14(19)20)6-10(12)16(23)24/h1-6H. The van der Waals surface area contributed by atoms with Gasteiger partial charge in [0.1, 0.15) is 0 Å². The van der Waals surface area contributed by atoms with Crippen molar-refractivity contribution < 1.29 is 40.2 Å². The van der Waals surface area contributed by atoms with Crippen LogP contribution in [0.5, 0.6) is 0 Å². The molecule has 0 bridgehead atoms. The van der Waals surface area contributed by atoms with E-state index in [0.717, 1.165) is 0 Å². The van der Waals surface area contributed by atoms with Crippen molar-refractivity contribution in [1.82, 2.24) is 0 Å². The lowest BCUT2D eigenvalue weighted by atomic mass is 10.3. The molecule has 0 aliphatic rings. The molecule has 0 saturated heterocycles. The number of hydrogen-bond donors (Lipinski definition) is 0. The van der Waals surface area contributed by atoms with Crippen LogP contribution in [0.2, 0.25) is 0 Å². The van der Waals surface area contributed by atoms with Crippen LogP contribution in [0.4, 0.5) is 22.7 Å². The van der Waals surface area contributed by atoms with Crippen molar-refractivity contribution in [1.29, 1.82) is 0 Å². The van der Waals surface area contributed by atoms with Crippen molar-refractivity contribution >= 4 is 43.0 Å². The van der Waals surface area contributed by atoms with Crippen LogP contribution >= 0.6 is 0 Å². The highest BCUT2D eigenvalue weighted by molar-refractivity contribution is 8.00. The van der Waals surface area contributed by atoms with Gasteiger partial charge < -0.3 is 0 Å². The zero-order chi connectivity index (χ0) is 23.7. The Labute approximate surface area is 170 Å². The zero-order valence-electron chi connectivity index (χ0n) is 14.4. The molecule has 2 rings (SSSR count). The molecule has 164 valence electrons. The Morgan fingerprint density at radius 2 is 0.903 bits per heavy atom. The van der Waals surface area contributed by atoms with E-state index in [1.54, 1.807) is 0 Å². The third-order valence-electron chi connectivity index (χ3n) is 3.42. The molecular formula is C12H6N4O13S2. The summed E-state index contributed by atoms with van der Waals surface area (Å²) in [6.07, 6.45) is 0. The maximum Gasteiger partial charge on any atom is 0.318 e. The molecule has 0 aliphatic carbocycles. The van der Waals surface area contributed by atoms with Crippen molar-refractivity contribution in [3.8, 4) is 0 Å². The Bertz CT molecular complexity index is 1250. The lowest BCUT2D eigenvalue weighted by molar-refractivity contribution is -0.396. The predicted molar refractivity (Wildman–Crippen MR) is 95.0 cm³/mol. The van der Waals surface area contributed by atoms with E-state index in [9.17, 15) is 57.3 Å². The average molecular weight is 478 g/mol. The van der Waals surface area contributed by atoms with Crippen LogP contribution in [-0.2, 0) is 23.9 Å². The minimum atomic E-state index is -5.56. The van der Waals surface area contributed by atoms with Crippen molar-refractivity contribution in [3.05, 3.63) is 76.9 Å². The summed E-state index contributed by atoms with van der Waals surface area (Å²) in [4.78, 5) is 35.9. The van der Waals surface area contributed by atoms with Crippen molar-refractivity contribution in [3.63, 3.8) is 0 Å². The van der Waals surface area contributed by atoms with E-state index in [0.29, 0.717) is 24.3 Å². The second kappa shape index (κ2) is 7.97. The summed E-state index contributed by atoms with van der Waals surface area (Å²) in [5.41, 5.74) is -4.58. The average Bonchev–Trinajstić information content (AvgIpc) is 2.65. The molecule has 0 aromatic heterocycles. The highest BCUT2D eigenvalue weighted by atomic mass is 32.3. The molecule has 2 aromatic carbocycles. The predicted octanol–water partition coefficient (Wildman–Crippen LogP) is 1.41. The number of nitro groups is 4. The van der Waals surface area contributed by atoms with E-state index in [-0.39, 0.29) is 12.1 Å². The highest BCUT2D eigenvalue weighted by Crippen LogP contribution is 2.34. The molecule has 0 saturated carbocycles. The van der Waals surface area contributed by atoms with Gasteiger partial charge in [0.2, 0.25) is 0 Å². The zero-order valence-corrected chi connectivity index (χ0v) is 16.0. The molecule has 19 heteroatoms. The minimum Gasteiger partial charge on any atom is -0.258 e. The number of hydrogen-bond acceptors (Lipinski definition) is 13. The van der Waals surface area contributed by atoms with E-state index in [1.165, 1.54) is 0 Å². The third-order valence-corrected chi connectivity index (χ3v) is 6.62. The normalized spacial score (nSPS) is 11.6. The minimum absolute atomic E-state index is 0.233. The van der Waals surface area contributed by atoms with E-state index in [1.807, 2.05) is 0 Å². The quantitative estimate of drug-likeness (QED) is 0.384. The maximum atomic E-state index is 12.3. The Kier molecular flexibility index (Phi) is 5.96. The van der Waals surface area contributed by atoms with Crippen LogP contribution in [0.1, 0.15) is 0 Å². The summed E-state index contributed by atoms with van der Waals surface area (Å²) >= 11 is 0. The van der Waals surface area contributed by atoms with E-state index >= 15 is 0 Å². The van der Waals surface area contributed by atoms with Gasteiger partial charge in [-0.05, 0) is 12.1 Å². The molecular weight excluding hydrogens is 472 g/mol. The lowest BCUT2D eigenvalue weighted by Gasteiger charge is -2.07. The molecule has 0 amide bonds. The van der Waals surface area contributed by atoms with Gasteiger partial charge in [-0.3, -0.25) is 40.5 Å². The molecule has 17 nitrogen and oxygen atoms in total. The lowest BCUT2D eigenvalue weighted by Crippen LogP contribution is -2.16. The Morgan fingerprint density at radius 3 is 1.16 bits per heavy atom. The summed E-state index contributed by atoms with van der Waals surface area (Å²) in [5.74, 6) is 0. The summed E-state index contributed by atoms with van der Waals surface area (Å²) in [6.45, 7) is 0. The van der Waals surface area contributed by atoms with Crippen LogP contribution in [0.3, 0.4) is 0 Å². The Morgan fingerprint density at radius 1 is 0.581 bits per heavy atom. The van der Waals surface area contributed by atoms with E-state index in [2.05, 4.69) is 3.63 Å². The second-order valence-electron chi connectivity index (χ2n) is 5.31. The van der Waals surface area contributed by atoms with Gasteiger partial charge in [-0.15, -0.1) is 3.63 Å². The van der Waals surface area contributed by atoms with Gasteiger partial charge in [0.25, 0.3) is 22.7 Å². The van der Waals surface area contributed by atoms with Gasteiger partial charge in [0, 0.05) is 12.1 Å². The first kappa shape index (κ1) is 23.2. The molecule has 0 atom stereocenters. The molecule has 0 aliphatic heterocycles. The molecule has 0 radical (unpaired) electrons. The van der Waals surface area contributed by atoms with Gasteiger partial charge in [0.05, 0.1) is 31.8 Å². The van der Waals surface area contributed by atoms with Crippen LogP contribution in [0.15, 0.2) is 46.2 Å². The fourth-order valence-corrected chi connectivity index (χ4v) is 4.92. The highest BCUT2D eigenvalue weighted by Gasteiger charge is 2.37. The van der Waals surface area contributed by atoms with Gasteiger partial charge in [-0.2, -0.15) is 16.8 Å². The van der Waals surface area contributed by atoms with Gasteiger partial charge in [-0.25, -0.2) is 0 Å². The van der Waals surface area contributed by atoms with Gasteiger partial charge >= 0.3 is 20.2 Å². The number of benzene rings is 2. The van der Waals surface area contributed by atoms with E-state index in [4.69, 9.17) is 0 Å². The first-order valence-electron chi connectivity index (χ1n) is 7.24. The molecule has 0 N–H and O–H groups in total. The van der Waals surface area contributed by atoms with E-state index < -0.39 is 72.5 Å². The largest absolute Gasteiger partial charge is 0.318 e. The Hall–Kier alpha value is -4.10. The summed E-state index contributed by atoms with van der Waals surface area (Å²) in [6, 6.07) is 2.18. The molecule has 31 heavy (non-hydrogen) atoms. The first-order valence-corrected chi connectivity index (χ1v) is 10.1. The van der Waals surface area contributed by atoms with Crippen LogP contribution in [0.25, 0.3) is 0 Å². The van der Waals surface area contributed by atoms with Crippen LogP contribution < -0.4 is 0 Å². The first-order chi connectivity index (χ1) is 14.2. The maximum absolute atomic E-state index is 12.3. The fourth-order valence-electron chi connectivity index (χ4n) is 2.14. The fraction of sp³-hybridized carbons (Fsp3) is 0. The molecule has 2 aromatic rings. The monoisotopic (exact) mass is 478 g/mol. The number of rotatable bonds is 8. The van der Waals surface area contributed by atoms with Crippen molar-refractivity contribution in [2.75, 3.05) is 0 Å². The molecule has 0 heterocycles. The molecule has 0 unspecified atom stereocenters. The van der Waals surface area contributed by atoms with Crippen molar-refractivity contribution in [2.24, 2.45) is 0 Å². The molecule has 0 spiro atoms. The van der Waals surface area contributed by atoms with Crippen molar-refractivity contribution in [2.45, 2.75) is 9.79 Å². The SMILES string of the molecule is O=[N+]([O-])c1ccc(S(=O)(=O)OS(=O)(=O)c2ccc([N+](=O)[O-])cc2[N+](=O)[O-])c([N+](=O)[O-])c1. The number of non-ortho nitro benzene ring substituents is 2. The van der Waals surface area contributed by atoms with Gasteiger partial charge in [0.15, 0.2) is 9.79 Å². The van der Waals surface area contributed by atoms with Crippen LogP contribution in [-0.4, -0.2) is 36.5 Å². The van der Waals surface area contributed by atoms with Crippen LogP contribution in [0, 0.1) is 40.5 Å². The summed E-state index contributed by atoms with van der Waals surface area (Å²) < 4.78 is 53.3. The topological polar surface area (TPSA) is 250 Å². The Balaban J connectivity index is 2.63.